The van der Waals surface area contributed by atoms with E-state index in [0.29, 0.717) is 5.92 Å². The van der Waals surface area contributed by atoms with Crippen LogP contribution >= 0.6 is 0 Å². The number of rotatable bonds is 2. The first kappa shape index (κ1) is 11.4. The highest BCUT2D eigenvalue weighted by Crippen LogP contribution is 2.36. The van der Waals surface area contributed by atoms with E-state index in [4.69, 9.17) is 0 Å². The number of aliphatic hydroxyl groups excluding tert-OH is 1. The van der Waals surface area contributed by atoms with Gasteiger partial charge >= 0.3 is 0 Å². The van der Waals surface area contributed by atoms with Gasteiger partial charge in [-0.3, -0.25) is 0 Å². The summed E-state index contributed by atoms with van der Waals surface area (Å²) < 4.78 is 0. The molecule has 1 nitrogen and oxygen atoms in total. The maximum Gasteiger partial charge on any atom is 0.0823 e. The first-order valence-electron chi connectivity index (χ1n) is 6.07. The Morgan fingerprint density at radius 3 is 2.88 bits per heavy atom. The van der Waals surface area contributed by atoms with Crippen molar-refractivity contribution >= 4 is 0 Å². The average molecular weight is 216 g/mol. The van der Waals surface area contributed by atoms with Crippen LogP contribution in [0, 0.1) is 5.92 Å². The van der Waals surface area contributed by atoms with Gasteiger partial charge in [0.05, 0.1) is 6.10 Å². The third kappa shape index (κ3) is 2.35. The summed E-state index contributed by atoms with van der Waals surface area (Å²) >= 11 is 0. The van der Waals surface area contributed by atoms with Crippen LogP contribution in [0.1, 0.15) is 43.9 Å². The molecule has 0 radical (unpaired) electrons. The lowest BCUT2D eigenvalue weighted by Crippen LogP contribution is -2.20. The van der Waals surface area contributed by atoms with Gasteiger partial charge < -0.3 is 5.11 Å². The number of fused-ring (bicyclic) bond motifs is 1. The predicted molar refractivity (Wildman–Crippen MR) is 67.3 cm³/mol. The molecular formula is C15H20O. The van der Waals surface area contributed by atoms with E-state index in [1.807, 2.05) is 6.07 Å². The number of aliphatic hydroxyl groups is 1. The molecule has 86 valence electrons. The Labute approximate surface area is 97.8 Å². The van der Waals surface area contributed by atoms with Crippen molar-refractivity contribution < 1.29 is 5.11 Å². The van der Waals surface area contributed by atoms with Crippen molar-refractivity contribution in [3.63, 3.8) is 0 Å². The highest BCUT2D eigenvalue weighted by Gasteiger charge is 2.26. The lowest BCUT2D eigenvalue weighted by Gasteiger charge is -2.29. The van der Waals surface area contributed by atoms with Gasteiger partial charge in [-0.25, -0.2) is 0 Å². The first-order valence-corrected chi connectivity index (χ1v) is 6.07. The topological polar surface area (TPSA) is 20.2 Å². The molecular weight excluding hydrogens is 196 g/mol. The fourth-order valence-electron chi connectivity index (χ4n) is 2.44. The summed E-state index contributed by atoms with van der Waals surface area (Å²) in [6.07, 6.45) is 5.16. The monoisotopic (exact) mass is 216 g/mol. The third-order valence-corrected chi connectivity index (χ3v) is 3.43. The smallest absolute Gasteiger partial charge is 0.0823 e. The molecule has 1 heteroatoms. The van der Waals surface area contributed by atoms with Crippen molar-refractivity contribution in [2.45, 2.75) is 39.2 Å². The maximum atomic E-state index is 10.3. The molecule has 0 aromatic heterocycles. The number of hydrogen-bond acceptors (Lipinski definition) is 1. The highest BCUT2D eigenvalue weighted by molar-refractivity contribution is 5.31. The Bertz CT molecular complexity index is 388. The van der Waals surface area contributed by atoms with Gasteiger partial charge in [0.25, 0.3) is 0 Å². The van der Waals surface area contributed by atoms with Crippen LogP contribution < -0.4 is 0 Å². The molecule has 1 N–H and O–H groups in total. The van der Waals surface area contributed by atoms with Crippen LogP contribution in [0.15, 0.2) is 35.9 Å². The van der Waals surface area contributed by atoms with Crippen LogP contribution in [0.5, 0.6) is 0 Å². The number of benzene rings is 1. The van der Waals surface area contributed by atoms with Gasteiger partial charge in [-0.1, -0.05) is 35.9 Å². The van der Waals surface area contributed by atoms with Gasteiger partial charge in [0.1, 0.15) is 0 Å². The van der Waals surface area contributed by atoms with Gasteiger partial charge in [0, 0.05) is 0 Å². The average Bonchev–Trinajstić information content (AvgIpc) is 2.28. The van der Waals surface area contributed by atoms with Crippen LogP contribution in [0.3, 0.4) is 0 Å². The fraction of sp³-hybridized carbons (Fsp3) is 0.467. The minimum absolute atomic E-state index is 0.277. The summed E-state index contributed by atoms with van der Waals surface area (Å²) in [6, 6.07) is 8.28. The van der Waals surface area contributed by atoms with Crippen molar-refractivity contribution in [3.05, 3.63) is 47.0 Å². The molecule has 16 heavy (non-hydrogen) atoms. The Hall–Kier alpha value is -1.08. The van der Waals surface area contributed by atoms with Crippen LogP contribution in [0.25, 0.3) is 0 Å². The normalized spacial score (nSPS) is 23.7. The zero-order valence-corrected chi connectivity index (χ0v) is 10.1. The Morgan fingerprint density at radius 2 is 2.12 bits per heavy atom. The molecule has 0 aliphatic heterocycles. The number of aryl methyl sites for hydroxylation is 1. The molecule has 1 aromatic carbocycles. The molecule has 0 saturated heterocycles. The van der Waals surface area contributed by atoms with Gasteiger partial charge in [-0.05, 0) is 50.2 Å². The second-order valence-electron chi connectivity index (χ2n) is 4.96. The SMILES string of the molecule is CC(C)=CCC1CCc2ccccc2C1O. The van der Waals surface area contributed by atoms with Crippen LogP contribution in [0.2, 0.25) is 0 Å². The van der Waals surface area contributed by atoms with Gasteiger partial charge in [0.2, 0.25) is 0 Å². The molecule has 2 rings (SSSR count). The summed E-state index contributed by atoms with van der Waals surface area (Å²) in [5.41, 5.74) is 3.80. The standard InChI is InChI=1S/C15H20O/c1-11(2)7-8-13-10-9-12-5-3-4-6-14(12)15(13)16/h3-7,13,15-16H,8-10H2,1-2H3. The summed E-state index contributed by atoms with van der Waals surface area (Å²) in [5, 5.41) is 10.3. The van der Waals surface area contributed by atoms with Crippen molar-refractivity contribution in [2.75, 3.05) is 0 Å². The molecule has 1 aliphatic carbocycles. The van der Waals surface area contributed by atoms with Gasteiger partial charge in [-0.2, -0.15) is 0 Å². The quantitative estimate of drug-likeness (QED) is 0.748. The molecule has 2 unspecified atom stereocenters. The summed E-state index contributed by atoms with van der Waals surface area (Å²) in [7, 11) is 0. The zero-order valence-electron chi connectivity index (χ0n) is 10.1. The van der Waals surface area contributed by atoms with Crippen molar-refractivity contribution in [1.29, 1.82) is 0 Å². The molecule has 1 aliphatic rings. The molecule has 0 saturated carbocycles. The maximum absolute atomic E-state index is 10.3. The second kappa shape index (κ2) is 4.84. The van der Waals surface area contributed by atoms with E-state index >= 15 is 0 Å². The lowest BCUT2D eigenvalue weighted by molar-refractivity contribution is 0.0950. The second-order valence-corrected chi connectivity index (χ2v) is 4.96. The molecule has 0 heterocycles. The highest BCUT2D eigenvalue weighted by atomic mass is 16.3. The molecule has 0 bridgehead atoms. The van der Waals surface area contributed by atoms with E-state index in [1.165, 1.54) is 11.1 Å². The van der Waals surface area contributed by atoms with E-state index in [1.54, 1.807) is 0 Å². The van der Waals surface area contributed by atoms with Gasteiger partial charge in [0.15, 0.2) is 0 Å². The Balaban J connectivity index is 2.15. The van der Waals surface area contributed by atoms with Gasteiger partial charge in [-0.15, -0.1) is 0 Å². The minimum atomic E-state index is -0.277. The van der Waals surface area contributed by atoms with E-state index in [9.17, 15) is 5.11 Å². The third-order valence-electron chi connectivity index (χ3n) is 3.43. The van der Waals surface area contributed by atoms with Crippen LogP contribution in [0.4, 0.5) is 0 Å². The van der Waals surface area contributed by atoms with Crippen molar-refractivity contribution in [1.82, 2.24) is 0 Å². The molecule has 0 amide bonds. The predicted octanol–water partition coefficient (Wildman–Crippen LogP) is 3.64. The van der Waals surface area contributed by atoms with Crippen molar-refractivity contribution in [3.8, 4) is 0 Å². The largest absolute Gasteiger partial charge is 0.388 e. The lowest BCUT2D eigenvalue weighted by atomic mass is 9.80. The van der Waals surface area contributed by atoms with Crippen LogP contribution in [-0.2, 0) is 6.42 Å². The van der Waals surface area contributed by atoms with E-state index in [2.05, 4.69) is 38.1 Å². The van der Waals surface area contributed by atoms with Crippen molar-refractivity contribution in [2.24, 2.45) is 5.92 Å². The first-order chi connectivity index (χ1) is 7.68. The number of allylic oxidation sites excluding steroid dienone is 2. The summed E-state index contributed by atoms with van der Waals surface area (Å²) in [6.45, 7) is 4.23. The van der Waals surface area contributed by atoms with E-state index < -0.39 is 0 Å². The zero-order chi connectivity index (χ0) is 11.5. The Morgan fingerprint density at radius 1 is 1.38 bits per heavy atom. The fourth-order valence-corrected chi connectivity index (χ4v) is 2.44. The Kier molecular flexibility index (Phi) is 3.45. The molecule has 1 aromatic rings. The molecule has 2 atom stereocenters. The summed E-state index contributed by atoms with van der Waals surface area (Å²) in [5.74, 6) is 0.393. The van der Waals surface area contributed by atoms with E-state index in [-0.39, 0.29) is 6.10 Å². The number of hydrogen-bond donors (Lipinski definition) is 1. The summed E-state index contributed by atoms with van der Waals surface area (Å²) in [4.78, 5) is 0. The van der Waals surface area contributed by atoms with E-state index in [0.717, 1.165) is 24.8 Å². The molecule has 0 fully saturated rings. The van der Waals surface area contributed by atoms with Crippen LogP contribution in [-0.4, -0.2) is 5.11 Å². The molecule has 0 spiro atoms. The minimum Gasteiger partial charge on any atom is -0.388 e.